The zero-order valence-electron chi connectivity index (χ0n) is 14.6. The van der Waals surface area contributed by atoms with Crippen LogP contribution in [0.5, 0.6) is 11.5 Å². The Morgan fingerprint density at radius 3 is 2.67 bits per heavy atom. The number of aryl methyl sites for hydroxylation is 2. The summed E-state index contributed by atoms with van der Waals surface area (Å²) in [5.41, 5.74) is 4.37. The van der Waals surface area contributed by atoms with Crippen molar-refractivity contribution in [2.24, 2.45) is 0 Å². The third-order valence-electron chi connectivity index (χ3n) is 5.36. The van der Waals surface area contributed by atoms with Crippen LogP contribution in [0.4, 0.5) is 0 Å². The Kier molecular flexibility index (Phi) is 4.27. The molecule has 1 N–H and O–H groups in total. The number of fused-ring (bicyclic) bond motifs is 5. The SMILES string of the molecule is CCCc1cc2c(s1)CN[C@@H]1CCc3cc(OC)c(OC)cc3[C@@H]21. The molecule has 3 nitrogen and oxygen atoms in total. The third kappa shape index (κ3) is 2.52. The van der Waals surface area contributed by atoms with Crippen LogP contribution in [-0.2, 0) is 19.4 Å². The molecule has 0 saturated heterocycles. The average Bonchev–Trinajstić information content (AvgIpc) is 3.03. The molecule has 128 valence electrons. The van der Waals surface area contributed by atoms with Gasteiger partial charge in [0.25, 0.3) is 0 Å². The van der Waals surface area contributed by atoms with Gasteiger partial charge in [-0.3, -0.25) is 0 Å². The Labute approximate surface area is 148 Å². The highest BCUT2D eigenvalue weighted by atomic mass is 32.1. The van der Waals surface area contributed by atoms with E-state index in [2.05, 4.69) is 30.4 Å². The smallest absolute Gasteiger partial charge is 0.161 e. The first kappa shape index (κ1) is 16.0. The Bertz CT molecular complexity index is 752. The molecule has 0 spiro atoms. The predicted octanol–water partition coefficient (Wildman–Crippen LogP) is 4.27. The Balaban J connectivity index is 1.82. The van der Waals surface area contributed by atoms with E-state index in [-0.39, 0.29) is 0 Å². The molecule has 0 saturated carbocycles. The van der Waals surface area contributed by atoms with Crippen LogP contribution in [0.25, 0.3) is 0 Å². The molecule has 24 heavy (non-hydrogen) atoms. The monoisotopic (exact) mass is 343 g/mol. The van der Waals surface area contributed by atoms with Gasteiger partial charge in [0.2, 0.25) is 0 Å². The normalized spacial score (nSPS) is 21.6. The number of ether oxygens (including phenoxy) is 2. The number of thiophene rings is 1. The fourth-order valence-electron chi connectivity index (χ4n) is 4.24. The summed E-state index contributed by atoms with van der Waals surface area (Å²) in [6.45, 7) is 3.28. The second-order valence-electron chi connectivity index (χ2n) is 6.75. The number of benzene rings is 1. The molecule has 0 bridgehead atoms. The van der Waals surface area contributed by atoms with E-state index >= 15 is 0 Å². The van der Waals surface area contributed by atoms with Crippen LogP contribution < -0.4 is 14.8 Å². The van der Waals surface area contributed by atoms with Crippen LogP contribution in [0.1, 0.15) is 52.1 Å². The second kappa shape index (κ2) is 6.41. The van der Waals surface area contributed by atoms with E-state index in [1.54, 1.807) is 19.8 Å². The molecule has 4 rings (SSSR count). The predicted molar refractivity (Wildman–Crippen MR) is 98.7 cm³/mol. The van der Waals surface area contributed by atoms with Gasteiger partial charge in [-0.05, 0) is 54.2 Å². The molecule has 4 heteroatoms. The fourth-order valence-corrected chi connectivity index (χ4v) is 5.50. The largest absolute Gasteiger partial charge is 0.493 e. The zero-order chi connectivity index (χ0) is 16.7. The van der Waals surface area contributed by atoms with E-state index in [1.165, 1.54) is 40.1 Å². The van der Waals surface area contributed by atoms with Crippen molar-refractivity contribution >= 4 is 11.3 Å². The number of methoxy groups -OCH3 is 2. The molecule has 2 heterocycles. The highest BCUT2D eigenvalue weighted by Crippen LogP contribution is 2.46. The summed E-state index contributed by atoms with van der Waals surface area (Å²) in [6, 6.07) is 7.39. The molecule has 1 aliphatic carbocycles. The number of hydrogen-bond acceptors (Lipinski definition) is 4. The molecular formula is C20H25NO2S. The summed E-state index contributed by atoms with van der Waals surface area (Å²) in [7, 11) is 3.44. The maximum Gasteiger partial charge on any atom is 0.161 e. The number of nitrogens with one attached hydrogen (secondary N) is 1. The van der Waals surface area contributed by atoms with Crippen molar-refractivity contribution in [1.82, 2.24) is 5.32 Å². The molecule has 2 aromatic rings. The van der Waals surface area contributed by atoms with Gasteiger partial charge in [-0.2, -0.15) is 0 Å². The van der Waals surface area contributed by atoms with Gasteiger partial charge in [0.1, 0.15) is 0 Å². The first-order chi connectivity index (χ1) is 11.7. The van der Waals surface area contributed by atoms with Crippen molar-refractivity contribution in [1.29, 1.82) is 0 Å². The van der Waals surface area contributed by atoms with Gasteiger partial charge in [-0.25, -0.2) is 0 Å². The third-order valence-corrected chi connectivity index (χ3v) is 6.57. The summed E-state index contributed by atoms with van der Waals surface area (Å²) in [6.07, 6.45) is 4.69. The standard InChI is InChI=1S/C20H25NO2S/c1-4-5-13-9-15-19(24-13)11-21-16-7-6-12-8-17(22-2)18(23-3)10-14(12)20(15)16/h8-10,16,20-21H,4-7,11H2,1-3H3/t16-,20+/m1/s1. The van der Waals surface area contributed by atoms with E-state index < -0.39 is 0 Å². The Hall–Kier alpha value is -1.52. The summed E-state index contributed by atoms with van der Waals surface area (Å²) in [4.78, 5) is 3.04. The quantitative estimate of drug-likeness (QED) is 0.899. The highest BCUT2D eigenvalue weighted by Gasteiger charge is 2.36. The second-order valence-corrected chi connectivity index (χ2v) is 7.97. The van der Waals surface area contributed by atoms with Gasteiger partial charge < -0.3 is 14.8 Å². The zero-order valence-corrected chi connectivity index (χ0v) is 15.5. The van der Waals surface area contributed by atoms with Crippen LogP contribution in [0.15, 0.2) is 18.2 Å². The van der Waals surface area contributed by atoms with Crippen molar-refractivity contribution < 1.29 is 9.47 Å². The van der Waals surface area contributed by atoms with Gasteiger partial charge in [0.05, 0.1) is 14.2 Å². The lowest BCUT2D eigenvalue weighted by atomic mass is 9.74. The van der Waals surface area contributed by atoms with E-state index in [0.29, 0.717) is 12.0 Å². The van der Waals surface area contributed by atoms with Gasteiger partial charge in [0.15, 0.2) is 11.5 Å². The molecule has 0 amide bonds. The molecular weight excluding hydrogens is 318 g/mol. The first-order valence-electron chi connectivity index (χ1n) is 8.84. The minimum Gasteiger partial charge on any atom is -0.493 e. The van der Waals surface area contributed by atoms with Crippen molar-refractivity contribution in [3.05, 3.63) is 44.6 Å². The summed E-state index contributed by atoms with van der Waals surface area (Å²) >= 11 is 1.99. The maximum atomic E-state index is 5.57. The van der Waals surface area contributed by atoms with Gasteiger partial charge in [-0.15, -0.1) is 11.3 Å². The molecule has 2 atom stereocenters. The minimum absolute atomic E-state index is 0.444. The van der Waals surface area contributed by atoms with E-state index in [9.17, 15) is 0 Å². The van der Waals surface area contributed by atoms with Crippen LogP contribution in [0.2, 0.25) is 0 Å². The number of rotatable bonds is 4. The van der Waals surface area contributed by atoms with Crippen molar-refractivity contribution in [2.75, 3.05) is 14.2 Å². The van der Waals surface area contributed by atoms with Crippen LogP contribution in [0.3, 0.4) is 0 Å². The molecule has 0 radical (unpaired) electrons. The lowest BCUT2D eigenvalue weighted by molar-refractivity contribution is 0.349. The van der Waals surface area contributed by atoms with Gasteiger partial charge in [0, 0.05) is 28.3 Å². The number of hydrogen-bond donors (Lipinski definition) is 1. The Morgan fingerprint density at radius 2 is 1.92 bits per heavy atom. The summed E-state index contributed by atoms with van der Waals surface area (Å²) in [5, 5.41) is 3.78. The average molecular weight is 343 g/mol. The van der Waals surface area contributed by atoms with Gasteiger partial charge in [-0.1, -0.05) is 13.3 Å². The van der Waals surface area contributed by atoms with Crippen LogP contribution in [-0.4, -0.2) is 20.3 Å². The lowest BCUT2D eigenvalue weighted by Crippen LogP contribution is -2.42. The molecule has 0 fully saturated rings. The highest BCUT2D eigenvalue weighted by molar-refractivity contribution is 7.12. The molecule has 1 aromatic heterocycles. The maximum absolute atomic E-state index is 5.57. The molecule has 1 aliphatic heterocycles. The van der Waals surface area contributed by atoms with Crippen LogP contribution >= 0.6 is 11.3 Å². The topological polar surface area (TPSA) is 30.5 Å². The first-order valence-corrected chi connectivity index (χ1v) is 9.66. The van der Waals surface area contributed by atoms with Crippen LogP contribution in [0, 0.1) is 0 Å². The molecule has 2 aliphatic rings. The lowest BCUT2D eigenvalue weighted by Gasteiger charge is -2.38. The van der Waals surface area contributed by atoms with Crippen molar-refractivity contribution in [2.45, 2.75) is 51.1 Å². The fraction of sp³-hybridized carbons (Fsp3) is 0.500. The van der Waals surface area contributed by atoms with E-state index in [0.717, 1.165) is 24.5 Å². The molecule has 0 unspecified atom stereocenters. The summed E-state index contributed by atoms with van der Waals surface area (Å²) in [5.74, 6) is 2.13. The van der Waals surface area contributed by atoms with E-state index in [4.69, 9.17) is 9.47 Å². The van der Waals surface area contributed by atoms with Crippen molar-refractivity contribution in [3.8, 4) is 11.5 Å². The molecule has 1 aromatic carbocycles. The summed E-state index contributed by atoms with van der Waals surface area (Å²) < 4.78 is 11.1. The Morgan fingerprint density at radius 1 is 1.12 bits per heavy atom. The van der Waals surface area contributed by atoms with Crippen molar-refractivity contribution in [3.63, 3.8) is 0 Å². The van der Waals surface area contributed by atoms with E-state index in [1.807, 2.05) is 11.3 Å². The van der Waals surface area contributed by atoms with Gasteiger partial charge >= 0.3 is 0 Å². The minimum atomic E-state index is 0.444.